The molecule has 57 heavy (non-hydrogen) atoms. The summed E-state index contributed by atoms with van der Waals surface area (Å²) in [6.45, 7) is 3.72. The number of hydrogen-bond acceptors (Lipinski definition) is 6. The summed E-state index contributed by atoms with van der Waals surface area (Å²) >= 11 is 0. The van der Waals surface area contributed by atoms with Gasteiger partial charge in [0.15, 0.2) is 6.10 Å². The number of esters is 2. The third-order valence-electron chi connectivity index (χ3n) is 11.0. The van der Waals surface area contributed by atoms with Crippen molar-refractivity contribution in [2.45, 2.75) is 270 Å². The highest BCUT2D eigenvalue weighted by molar-refractivity contribution is 7.46. The third kappa shape index (κ3) is 47.3. The second-order valence-corrected chi connectivity index (χ2v) is 18.0. The molecule has 0 bridgehead atoms. The molecule has 0 aliphatic heterocycles. The van der Waals surface area contributed by atoms with Crippen LogP contribution in [0.3, 0.4) is 0 Å². The Morgan fingerprint density at radius 3 is 1.07 bits per heavy atom. The highest BCUT2D eigenvalue weighted by Crippen LogP contribution is 2.36. The predicted molar refractivity (Wildman–Crippen MR) is 239 cm³/mol. The van der Waals surface area contributed by atoms with Crippen molar-refractivity contribution in [1.29, 1.82) is 0 Å². The molecule has 0 aromatic heterocycles. The first kappa shape index (κ1) is 55.8. The maximum absolute atomic E-state index is 12.4. The van der Waals surface area contributed by atoms with E-state index >= 15 is 0 Å². The van der Waals surface area contributed by atoms with E-state index in [-0.39, 0.29) is 19.4 Å². The smallest absolute Gasteiger partial charge is 0.462 e. The van der Waals surface area contributed by atoms with Crippen molar-refractivity contribution in [2.75, 3.05) is 13.2 Å². The number of ether oxygens (including phenoxy) is 2. The Morgan fingerprint density at radius 1 is 0.439 bits per heavy atom. The van der Waals surface area contributed by atoms with Crippen molar-refractivity contribution in [3.63, 3.8) is 0 Å². The Morgan fingerprint density at radius 2 is 0.737 bits per heavy atom. The summed E-state index contributed by atoms with van der Waals surface area (Å²) in [5, 5.41) is 0. The molecule has 0 rings (SSSR count). The van der Waals surface area contributed by atoms with Gasteiger partial charge in [0.25, 0.3) is 0 Å². The molecule has 9 heteroatoms. The molecule has 338 valence electrons. The topological polar surface area (TPSA) is 119 Å². The monoisotopic (exact) mass is 829 g/mol. The zero-order valence-electron chi connectivity index (χ0n) is 37.5. The molecule has 0 saturated heterocycles. The number of carbonyl (C=O) groups is 2. The van der Waals surface area contributed by atoms with E-state index in [0.717, 1.165) is 51.4 Å². The van der Waals surface area contributed by atoms with Crippen LogP contribution in [-0.2, 0) is 28.2 Å². The van der Waals surface area contributed by atoms with Crippen LogP contribution in [0, 0.1) is 0 Å². The Labute approximate surface area is 352 Å². The molecule has 0 aliphatic rings. The fourth-order valence-electron chi connectivity index (χ4n) is 7.37. The molecule has 8 nitrogen and oxygen atoms in total. The molecule has 1 unspecified atom stereocenters. The molecule has 0 aromatic rings. The van der Waals surface area contributed by atoms with E-state index < -0.39 is 32.5 Å². The molecule has 1 atom stereocenters. The fraction of sp³-hybridized carbons (Fsp3) is 0.917. The van der Waals surface area contributed by atoms with Gasteiger partial charge in [0, 0.05) is 12.8 Å². The average molecular weight is 829 g/mol. The Kier molecular flexibility index (Phi) is 43.4. The lowest BCUT2D eigenvalue weighted by molar-refractivity contribution is -0.161. The summed E-state index contributed by atoms with van der Waals surface area (Å²) < 4.78 is 26.5. The molecule has 0 aromatic carbocycles. The fourth-order valence-corrected chi connectivity index (χ4v) is 7.73. The van der Waals surface area contributed by atoms with Crippen molar-refractivity contribution >= 4 is 19.8 Å². The van der Waals surface area contributed by atoms with E-state index in [9.17, 15) is 14.2 Å². The standard InChI is InChI=1S/C48H93O8P/c1-3-5-7-9-11-13-15-17-19-20-21-22-23-24-25-26-27-29-30-32-34-36-38-40-42-47(49)54-44-46(45-55-57(51,52)53)56-48(50)43-41-39-37-35-33-31-28-18-16-14-12-10-8-6-4-2/h18,28,46H,3-17,19-27,29-45H2,1-2H3,(H2,51,52,53)/b28-18-. The van der Waals surface area contributed by atoms with Crippen LogP contribution < -0.4 is 0 Å². The molecule has 0 radical (unpaired) electrons. The highest BCUT2D eigenvalue weighted by Gasteiger charge is 2.23. The van der Waals surface area contributed by atoms with Gasteiger partial charge in [-0.15, -0.1) is 0 Å². The molecule has 0 spiro atoms. The number of carbonyl (C=O) groups excluding carboxylic acids is 2. The number of allylic oxidation sites excluding steroid dienone is 2. The highest BCUT2D eigenvalue weighted by atomic mass is 31.2. The van der Waals surface area contributed by atoms with E-state index in [0.29, 0.717) is 6.42 Å². The quantitative estimate of drug-likeness (QED) is 0.0269. The molecule has 0 saturated carbocycles. The van der Waals surface area contributed by atoms with E-state index in [1.54, 1.807) is 0 Å². The van der Waals surface area contributed by atoms with E-state index in [2.05, 4.69) is 30.5 Å². The SMILES string of the molecule is CCCCCCCC/C=C\CCCCCCCC(=O)OC(COC(=O)CCCCCCCCCCCCCCCCCCCCCCCCCC)COP(=O)(O)O. The zero-order valence-corrected chi connectivity index (χ0v) is 38.4. The first-order chi connectivity index (χ1) is 27.8. The summed E-state index contributed by atoms with van der Waals surface area (Å²) in [4.78, 5) is 43.0. The van der Waals surface area contributed by atoms with Crippen LogP contribution in [0.1, 0.15) is 264 Å². The van der Waals surface area contributed by atoms with E-state index in [1.165, 1.54) is 180 Å². The van der Waals surface area contributed by atoms with Crippen LogP contribution in [0.25, 0.3) is 0 Å². The lowest BCUT2D eigenvalue weighted by Gasteiger charge is -2.18. The minimum atomic E-state index is -4.75. The largest absolute Gasteiger partial charge is 0.469 e. The lowest BCUT2D eigenvalue weighted by atomic mass is 10.0. The maximum Gasteiger partial charge on any atom is 0.469 e. The molecular formula is C48H93O8P. The number of phosphoric ester groups is 1. The normalized spacial score (nSPS) is 12.4. The zero-order chi connectivity index (χ0) is 41.8. The number of unbranched alkanes of at least 4 members (excludes halogenated alkanes) is 34. The van der Waals surface area contributed by atoms with Crippen molar-refractivity contribution in [1.82, 2.24) is 0 Å². The predicted octanol–water partition coefficient (Wildman–Crippen LogP) is 15.4. The second kappa shape index (κ2) is 44.3. The van der Waals surface area contributed by atoms with Gasteiger partial charge >= 0.3 is 19.8 Å². The van der Waals surface area contributed by atoms with Crippen LogP contribution in [-0.4, -0.2) is 41.0 Å². The van der Waals surface area contributed by atoms with Crippen molar-refractivity contribution < 1.29 is 37.9 Å². The number of hydrogen-bond donors (Lipinski definition) is 2. The summed E-state index contributed by atoms with van der Waals surface area (Å²) in [7, 11) is -4.75. The molecule has 0 heterocycles. The van der Waals surface area contributed by atoms with Crippen molar-refractivity contribution in [3.05, 3.63) is 12.2 Å². The van der Waals surface area contributed by atoms with Crippen molar-refractivity contribution in [3.8, 4) is 0 Å². The molecule has 0 amide bonds. The first-order valence-electron chi connectivity index (χ1n) is 24.5. The first-order valence-corrected chi connectivity index (χ1v) is 26.0. The summed E-state index contributed by atoms with van der Waals surface area (Å²) in [5.41, 5.74) is 0. The van der Waals surface area contributed by atoms with E-state index in [1.807, 2.05) is 0 Å². The van der Waals surface area contributed by atoms with Gasteiger partial charge in [0.2, 0.25) is 0 Å². The van der Waals surface area contributed by atoms with Gasteiger partial charge in [-0.1, -0.05) is 225 Å². The molecule has 0 fully saturated rings. The molecular weight excluding hydrogens is 735 g/mol. The lowest BCUT2D eigenvalue weighted by Crippen LogP contribution is -2.29. The van der Waals surface area contributed by atoms with Gasteiger partial charge in [-0.2, -0.15) is 0 Å². The Bertz CT molecular complexity index is 935. The number of phosphoric acid groups is 1. The molecule has 0 aliphatic carbocycles. The van der Waals surface area contributed by atoms with Gasteiger partial charge in [0.05, 0.1) is 6.61 Å². The van der Waals surface area contributed by atoms with Gasteiger partial charge in [0.1, 0.15) is 6.61 Å². The van der Waals surface area contributed by atoms with Crippen LogP contribution in [0.5, 0.6) is 0 Å². The van der Waals surface area contributed by atoms with Gasteiger partial charge < -0.3 is 19.3 Å². The summed E-state index contributed by atoms with van der Waals surface area (Å²) in [6.07, 6.45) is 50.9. The van der Waals surface area contributed by atoms with Crippen LogP contribution in [0.4, 0.5) is 0 Å². The average Bonchev–Trinajstić information content (AvgIpc) is 3.18. The van der Waals surface area contributed by atoms with Crippen LogP contribution in [0.15, 0.2) is 12.2 Å². The third-order valence-corrected chi connectivity index (χ3v) is 11.5. The molecule has 2 N–H and O–H groups in total. The Balaban J connectivity index is 3.76. The van der Waals surface area contributed by atoms with Gasteiger partial charge in [-0.05, 0) is 38.5 Å². The van der Waals surface area contributed by atoms with Gasteiger partial charge in [-0.3, -0.25) is 14.1 Å². The van der Waals surface area contributed by atoms with Crippen LogP contribution in [0.2, 0.25) is 0 Å². The van der Waals surface area contributed by atoms with E-state index in [4.69, 9.17) is 19.3 Å². The minimum Gasteiger partial charge on any atom is -0.462 e. The minimum absolute atomic E-state index is 0.206. The number of rotatable bonds is 46. The van der Waals surface area contributed by atoms with Gasteiger partial charge in [-0.25, -0.2) is 4.57 Å². The Hall–Kier alpha value is -1.21. The second-order valence-electron chi connectivity index (χ2n) is 16.8. The summed E-state index contributed by atoms with van der Waals surface area (Å²) in [6, 6.07) is 0. The van der Waals surface area contributed by atoms with Crippen LogP contribution >= 0.6 is 7.82 Å². The maximum atomic E-state index is 12.4. The summed E-state index contributed by atoms with van der Waals surface area (Å²) in [5.74, 6) is -0.878. The van der Waals surface area contributed by atoms with Crippen molar-refractivity contribution in [2.24, 2.45) is 0 Å².